The van der Waals surface area contributed by atoms with Crippen LogP contribution in [0.1, 0.15) is 21.7 Å². The first-order valence-corrected chi connectivity index (χ1v) is 10.3. The Morgan fingerprint density at radius 1 is 1.03 bits per heavy atom. The molecule has 0 aliphatic carbocycles. The molecule has 4 rings (SSSR count). The molecule has 0 atom stereocenters. The van der Waals surface area contributed by atoms with E-state index in [4.69, 9.17) is 4.74 Å². The van der Waals surface area contributed by atoms with Gasteiger partial charge in [0.05, 0.1) is 18.5 Å². The minimum atomic E-state index is -0.631. The molecule has 4 aromatic rings. The van der Waals surface area contributed by atoms with Crippen LogP contribution < -0.4 is 10.4 Å². The van der Waals surface area contributed by atoms with Crippen molar-refractivity contribution in [1.29, 1.82) is 0 Å². The number of hydrogen-bond acceptors (Lipinski definition) is 6. The standard InChI is InChI=1S/C22H19N3O4S/c1-15-14-30-22(28)24(15)11-12-29-21(27)19-17-9-5-6-10-18(17)20(26)25(23-19)13-16-7-3-2-4-8-16/h2-10,14H,11-13H2,1H3. The highest BCUT2D eigenvalue weighted by atomic mass is 32.1. The maximum absolute atomic E-state index is 12.9. The molecule has 0 bridgehead atoms. The second-order valence-electron chi connectivity index (χ2n) is 6.77. The molecule has 152 valence electrons. The van der Waals surface area contributed by atoms with E-state index in [9.17, 15) is 14.4 Å². The van der Waals surface area contributed by atoms with Gasteiger partial charge in [-0.25, -0.2) is 9.48 Å². The number of thiazole rings is 1. The lowest BCUT2D eigenvalue weighted by molar-refractivity contribution is 0.0483. The second kappa shape index (κ2) is 8.46. The first kappa shape index (κ1) is 19.8. The second-order valence-corrected chi connectivity index (χ2v) is 7.59. The van der Waals surface area contributed by atoms with Gasteiger partial charge in [0.15, 0.2) is 5.69 Å². The summed E-state index contributed by atoms with van der Waals surface area (Å²) in [5.74, 6) is -0.631. The van der Waals surface area contributed by atoms with Crippen LogP contribution in [0.3, 0.4) is 0 Å². The Labute approximate surface area is 175 Å². The van der Waals surface area contributed by atoms with Crippen LogP contribution in [0.2, 0.25) is 0 Å². The van der Waals surface area contributed by atoms with Crippen LogP contribution in [0, 0.1) is 6.92 Å². The van der Waals surface area contributed by atoms with Crippen molar-refractivity contribution in [2.45, 2.75) is 20.0 Å². The number of aryl methyl sites for hydroxylation is 1. The molecule has 0 fully saturated rings. The number of nitrogens with zero attached hydrogens (tertiary/aromatic N) is 3. The van der Waals surface area contributed by atoms with E-state index >= 15 is 0 Å². The molecule has 2 aromatic carbocycles. The highest BCUT2D eigenvalue weighted by molar-refractivity contribution is 7.07. The third kappa shape index (κ3) is 3.95. The van der Waals surface area contributed by atoms with Gasteiger partial charge in [0.2, 0.25) is 0 Å². The van der Waals surface area contributed by atoms with E-state index in [1.54, 1.807) is 34.2 Å². The van der Waals surface area contributed by atoms with Gasteiger partial charge < -0.3 is 4.74 Å². The van der Waals surface area contributed by atoms with Gasteiger partial charge in [-0.15, -0.1) is 0 Å². The fourth-order valence-corrected chi connectivity index (χ4v) is 3.98. The Bertz CT molecular complexity index is 1320. The Hall–Kier alpha value is -3.52. The topological polar surface area (TPSA) is 83.2 Å². The van der Waals surface area contributed by atoms with Crippen LogP contribution in [0.5, 0.6) is 0 Å². The van der Waals surface area contributed by atoms with E-state index in [-0.39, 0.29) is 35.8 Å². The summed E-state index contributed by atoms with van der Waals surface area (Å²) in [4.78, 5) is 37.4. The van der Waals surface area contributed by atoms with Crippen LogP contribution in [-0.2, 0) is 17.8 Å². The molecule has 0 aliphatic rings. The number of ether oxygens (including phenoxy) is 1. The van der Waals surface area contributed by atoms with E-state index in [0.717, 1.165) is 22.6 Å². The Morgan fingerprint density at radius 2 is 1.73 bits per heavy atom. The molecule has 2 aromatic heterocycles. The predicted octanol–water partition coefficient (Wildman–Crippen LogP) is 2.83. The van der Waals surface area contributed by atoms with Gasteiger partial charge in [-0.05, 0) is 18.6 Å². The molecule has 7 nitrogen and oxygen atoms in total. The van der Waals surface area contributed by atoms with Crippen LogP contribution in [0.25, 0.3) is 10.8 Å². The van der Waals surface area contributed by atoms with Gasteiger partial charge in [-0.2, -0.15) is 5.10 Å². The molecule has 0 radical (unpaired) electrons. The van der Waals surface area contributed by atoms with Gasteiger partial charge in [0, 0.05) is 16.5 Å². The maximum Gasteiger partial charge on any atom is 0.359 e. The van der Waals surface area contributed by atoms with Gasteiger partial charge >= 0.3 is 10.8 Å². The van der Waals surface area contributed by atoms with Crippen molar-refractivity contribution in [2.75, 3.05) is 6.61 Å². The Morgan fingerprint density at radius 3 is 2.43 bits per heavy atom. The van der Waals surface area contributed by atoms with Crippen molar-refractivity contribution in [3.63, 3.8) is 0 Å². The van der Waals surface area contributed by atoms with Crippen LogP contribution in [-0.4, -0.2) is 26.9 Å². The molecule has 0 aliphatic heterocycles. The van der Waals surface area contributed by atoms with E-state index in [2.05, 4.69) is 5.10 Å². The van der Waals surface area contributed by atoms with Crippen LogP contribution in [0.4, 0.5) is 0 Å². The third-order valence-electron chi connectivity index (χ3n) is 4.76. The molecule has 30 heavy (non-hydrogen) atoms. The first-order valence-electron chi connectivity index (χ1n) is 9.40. The molecule has 2 heterocycles. The zero-order chi connectivity index (χ0) is 21.1. The number of hydrogen-bond donors (Lipinski definition) is 0. The average molecular weight is 421 g/mol. The van der Waals surface area contributed by atoms with E-state index in [0.29, 0.717) is 10.8 Å². The van der Waals surface area contributed by atoms with Gasteiger partial charge in [-0.3, -0.25) is 14.2 Å². The largest absolute Gasteiger partial charge is 0.459 e. The molecule has 0 saturated carbocycles. The fourth-order valence-electron chi connectivity index (χ4n) is 3.22. The van der Waals surface area contributed by atoms with Crippen molar-refractivity contribution in [2.24, 2.45) is 0 Å². The smallest absolute Gasteiger partial charge is 0.359 e. The number of carbonyl (C=O) groups is 1. The molecule has 0 saturated heterocycles. The summed E-state index contributed by atoms with van der Waals surface area (Å²) in [5.41, 5.74) is 1.53. The van der Waals surface area contributed by atoms with Gasteiger partial charge in [-0.1, -0.05) is 59.9 Å². The summed E-state index contributed by atoms with van der Waals surface area (Å²) in [6, 6.07) is 16.3. The highest BCUT2D eigenvalue weighted by Crippen LogP contribution is 2.15. The molecule has 0 amide bonds. The van der Waals surface area contributed by atoms with Crippen LogP contribution >= 0.6 is 11.3 Å². The molecule has 8 heteroatoms. The lowest BCUT2D eigenvalue weighted by atomic mass is 10.1. The summed E-state index contributed by atoms with van der Waals surface area (Å²) in [6.07, 6.45) is 0. The monoisotopic (exact) mass is 421 g/mol. The number of fused-ring (bicyclic) bond motifs is 1. The summed E-state index contributed by atoms with van der Waals surface area (Å²) in [7, 11) is 0. The van der Waals surface area contributed by atoms with Crippen molar-refractivity contribution >= 4 is 28.1 Å². The summed E-state index contributed by atoms with van der Waals surface area (Å²) < 4.78 is 8.23. The summed E-state index contributed by atoms with van der Waals surface area (Å²) in [6.45, 7) is 2.37. The Balaban J connectivity index is 1.63. The summed E-state index contributed by atoms with van der Waals surface area (Å²) in [5, 5.41) is 6.92. The molecular formula is C22H19N3O4S. The van der Waals surface area contributed by atoms with E-state index in [1.165, 1.54) is 4.68 Å². The zero-order valence-corrected chi connectivity index (χ0v) is 17.1. The SMILES string of the molecule is Cc1csc(=O)n1CCOC(=O)c1nn(Cc2ccccc2)c(=O)c2ccccc12. The fraction of sp³-hybridized carbons (Fsp3) is 0.182. The van der Waals surface area contributed by atoms with Crippen LogP contribution in [0.15, 0.2) is 69.6 Å². The normalized spacial score (nSPS) is 11.0. The minimum Gasteiger partial charge on any atom is -0.459 e. The van der Waals surface area contributed by atoms with Crippen molar-refractivity contribution in [3.8, 4) is 0 Å². The number of rotatable bonds is 6. The third-order valence-corrected chi connectivity index (χ3v) is 5.64. The van der Waals surface area contributed by atoms with Gasteiger partial charge in [0.25, 0.3) is 5.56 Å². The molecular weight excluding hydrogens is 402 g/mol. The van der Waals surface area contributed by atoms with Gasteiger partial charge in [0.1, 0.15) is 6.61 Å². The number of carbonyl (C=O) groups excluding carboxylic acids is 1. The molecule has 0 spiro atoms. The lowest BCUT2D eigenvalue weighted by Gasteiger charge is -2.11. The first-order chi connectivity index (χ1) is 14.5. The number of benzene rings is 2. The highest BCUT2D eigenvalue weighted by Gasteiger charge is 2.18. The number of aromatic nitrogens is 3. The Kier molecular flexibility index (Phi) is 5.58. The molecule has 0 unspecified atom stereocenters. The average Bonchev–Trinajstić information content (AvgIpc) is 3.08. The van der Waals surface area contributed by atoms with Crippen molar-refractivity contribution in [3.05, 3.63) is 96.9 Å². The van der Waals surface area contributed by atoms with E-state index in [1.807, 2.05) is 37.3 Å². The minimum absolute atomic E-state index is 0.0319. The summed E-state index contributed by atoms with van der Waals surface area (Å²) >= 11 is 1.11. The number of esters is 1. The lowest BCUT2D eigenvalue weighted by Crippen LogP contribution is -2.27. The van der Waals surface area contributed by atoms with Crippen molar-refractivity contribution < 1.29 is 9.53 Å². The molecule has 0 N–H and O–H groups in total. The van der Waals surface area contributed by atoms with E-state index < -0.39 is 5.97 Å². The maximum atomic E-state index is 12.9. The van der Waals surface area contributed by atoms with Crippen molar-refractivity contribution in [1.82, 2.24) is 14.3 Å². The predicted molar refractivity (Wildman–Crippen MR) is 115 cm³/mol. The quantitative estimate of drug-likeness (QED) is 0.447. The zero-order valence-electron chi connectivity index (χ0n) is 16.3.